The van der Waals surface area contributed by atoms with Gasteiger partial charge in [-0.1, -0.05) is 23.2 Å². The highest BCUT2D eigenvalue weighted by molar-refractivity contribution is 6.35. The van der Waals surface area contributed by atoms with Gasteiger partial charge in [-0.25, -0.2) is 0 Å². The standard InChI is InChI=1S/C11H15Cl2NO2/c1-7(2-3-15)14-6-8-4-9(12)5-10(13)11(8)16/h4-5,7,14-16H,2-3,6H2,1H3/t7-/m1/s1. The summed E-state index contributed by atoms with van der Waals surface area (Å²) < 4.78 is 0. The third kappa shape index (κ3) is 3.83. The van der Waals surface area contributed by atoms with Gasteiger partial charge < -0.3 is 15.5 Å². The number of hydrogen-bond donors (Lipinski definition) is 3. The average molecular weight is 264 g/mol. The van der Waals surface area contributed by atoms with E-state index in [1.165, 1.54) is 6.07 Å². The molecule has 1 rings (SSSR count). The Morgan fingerprint density at radius 1 is 1.38 bits per heavy atom. The molecule has 0 bridgehead atoms. The summed E-state index contributed by atoms with van der Waals surface area (Å²) in [5.74, 6) is 0.0507. The van der Waals surface area contributed by atoms with Crippen LogP contribution in [0.4, 0.5) is 0 Å². The second-order valence-corrected chi connectivity index (χ2v) is 4.53. The summed E-state index contributed by atoms with van der Waals surface area (Å²) in [4.78, 5) is 0. The van der Waals surface area contributed by atoms with Gasteiger partial charge in [0.15, 0.2) is 0 Å². The first-order valence-electron chi connectivity index (χ1n) is 5.05. The molecule has 90 valence electrons. The van der Waals surface area contributed by atoms with E-state index in [1.54, 1.807) is 6.07 Å². The van der Waals surface area contributed by atoms with Crippen LogP contribution in [-0.2, 0) is 6.54 Å². The lowest BCUT2D eigenvalue weighted by atomic mass is 10.1. The second kappa shape index (κ2) is 6.30. The van der Waals surface area contributed by atoms with Crippen LogP contribution < -0.4 is 5.32 Å². The minimum absolute atomic E-state index is 0.0507. The number of hydrogen-bond acceptors (Lipinski definition) is 3. The molecule has 0 amide bonds. The quantitative estimate of drug-likeness (QED) is 0.766. The van der Waals surface area contributed by atoms with Crippen LogP contribution in [0.15, 0.2) is 12.1 Å². The molecule has 5 heteroatoms. The molecule has 0 spiro atoms. The fourth-order valence-corrected chi connectivity index (χ4v) is 1.87. The van der Waals surface area contributed by atoms with Gasteiger partial charge in [-0.15, -0.1) is 0 Å². The highest BCUT2D eigenvalue weighted by atomic mass is 35.5. The number of aromatic hydroxyl groups is 1. The van der Waals surface area contributed by atoms with Gasteiger partial charge in [0.25, 0.3) is 0 Å². The Morgan fingerprint density at radius 2 is 2.06 bits per heavy atom. The molecule has 16 heavy (non-hydrogen) atoms. The van der Waals surface area contributed by atoms with Crippen LogP contribution in [-0.4, -0.2) is 22.9 Å². The second-order valence-electron chi connectivity index (χ2n) is 3.69. The van der Waals surface area contributed by atoms with Crippen molar-refractivity contribution in [3.63, 3.8) is 0 Å². The normalized spacial score (nSPS) is 12.8. The van der Waals surface area contributed by atoms with Crippen molar-refractivity contribution >= 4 is 23.2 Å². The van der Waals surface area contributed by atoms with Crippen molar-refractivity contribution in [2.24, 2.45) is 0 Å². The summed E-state index contributed by atoms with van der Waals surface area (Å²) in [5, 5.41) is 22.3. The molecule has 0 fully saturated rings. The maximum Gasteiger partial charge on any atom is 0.138 e. The summed E-state index contributed by atoms with van der Waals surface area (Å²) in [6, 6.07) is 3.34. The zero-order chi connectivity index (χ0) is 12.1. The third-order valence-corrected chi connectivity index (χ3v) is 2.82. The van der Waals surface area contributed by atoms with Gasteiger partial charge >= 0.3 is 0 Å². The predicted octanol–water partition coefficient (Wildman–Crippen LogP) is 2.56. The van der Waals surface area contributed by atoms with E-state index < -0.39 is 0 Å². The molecule has 3 N–H and O–H groups in total. The Balaban J connectivity index is 2.66. The Morgan fingerprint density at radius 3 is 2.69 bits per heavy atom. The lowest BCUT2D eigenvalue weighted by Crippen LogP contribution is -2.26. The van der Waals surface area contributed by atoms with E-state index in [0.717, 1.165) is 0 Å². The molecule has 0 unspecified atom stereocenters. The van der Waals surface area contributed by atoms with Gasteiger partial charge in [-0.05, 0) is 25.5 Å². The number of rotatable bonds is 5. The van der Waals surface area contributed by atoms with Crippen LogP contribution in [0.1, 0.15) is 18.9 Å². The number of phenolic OH excluding ortho intramolecular Hbond substituents is 1. The molecule has 1 aromatic carbocycles. The van der Waals surface area contributed by atoms with Gasteiger partial charge in [-0.3, -0.25) is 0 Å². The molecule has 0 saturated heterocycles. The van der Waals surface area contributed by atoms with Crippen LogP contribution in [0, 0.1) is 0 Å². The summed E-state index contributed by atoms with van der Waals surface area (Å²) in [6.07, 6.45) is 0.662. The molecule has 1 atom stereocenters. The number of phenols is 1. The van der Waals surface area contributed by atoms with Gasteiger partial charge in [0.1, 0.15) is 5.75 Å². The minimum atomic E-state index is 0.0507. The first-order valence-corrected chi connectivity index (χ1v) is 5.81. The smallest absolute Gasteiger partial charge is 0.138 e. The van der Waals surface area contributed by atoms with Gasteiger partial charge in [0.2, 0.25) is 0 Å². The van der Waals surface area contributed by atoms with Crippen molar-refractivity contribution in [2.45, 2.75) is 25.9 Å². The number of aliphatic hydroxyl groups excluding tert-OH is 1. The van der Waals surface area contributed by atoms with E-state index in [9.17, 15) is 5.11 Å². The molecule has 0 aliphatic carbocycles. The molecule has 0 aliphatic rings. The van der Waals surface area contributed by atoms with Crippen LogP contribution in [0.25, 0.3) is 0 Å². The lowest BCUT2D eigenvalue weighted by Gasteiger charge is -2.13. The first kappa shape index (κ1) is 13.6. The van der Waals surface area contributed by atoms with Crippen molar-refractivity contribution in [2.75, 3.05) is 6.61 Å². The van der Waals surface area contributed by atoms with Gasteiger partial charge in [0.05, 0.1) is 5.02 Å². The molecule has 0 aromatic heterocycles. The van der Waals surface area contributed by atoms with Gasteiger partial charge in [-0.2, -0.15) is 0 Å². The molecule has 3 nitrogen and oxygen atoms in total. The van der Waals surface area contributed by atoms with E-state index in [1.807, 2.05) is 6.92 Å². The lowest BCUT2D eigenvalue weighted by molar-refractivity contribution is 0.268. The molecule has 0 radical (unpaired) electrons. The molecule has 0 heterocycles. The van der Waals surface area contributed by atoms with Crippen molar-refractivity contribution in [1.29, 1.82) is 0 Å². The Labute approximate surface area is 105 Å². The number of nitrogens with one attached hydrogen (secondary N) is 1. The zero-order valence-corrected chi connectivity index (χ0v) is 10.5. The Bertz CT molecular complexity index is 358. The Hall–Kier alpha value is -0.480. The average Bonchev–Trinajstić information content (AvgIpc) is 2.21. The fraction of sp³-hybridized carbons (Fsp3) is 0.455. The largest absolute Gasteiger partial charge is 0.506 e. The Kier molecular flexibility index (Phi) is 5.35. The highest BCUT2D eigenvalue weighted by Crippen LogP contribution is 2.30. The van der Waals surface area contributed by atoms with Crippen LogP contribution >= 0.6 is 23.2 Å². The van der Waals surface area contributed by atoms with Crippen molar-refractivity contribution < 1.29 is 10.2 Å². The monoisotopic (exact) mass is 263 g/mol. The molecular formula is C11H15Cl2NO2. The fourth-order valence-electron chi connectivity index (χ4n) is 1.33. The van der Waals surface area contributed by atoms with Crippen LogP contribution in [0.3, 0.4) is 0 Å². The maximum atomic E-state index is 9.68. The molecule has 1 aromatic rings. The SMILES string of the molecule is C[C@H](CCO)NCc1cc(Cl)cc(Cl)c1O. The number of halogens is 2. The van der Waals surface area contributed by atoms with E-state index >= 15 is 0 Å². The van der Waals surface area contributed by atoms with Gasteiger partial charge in [0, 0.05) is 29.8 Å². The molecule has 0 aliphatic heterocycles. The molecule has 0 saturated carbocycles. The number of benzene rings is 1. The van der Waals surface area contributed by atoms with E-state index in [2.05, 4.69) is 5.32 Å². The minimum Gasteiger partial charge on any atom is -0.506 e. The highest BCUT2D eigenvalue weighted by Gasteiger charge is 2.09. The predicted molar refractivity (Wildman–Crippen MR) is 66.1 cm³/mol. The third-order valence-electron chi connectivity index (χ3n) is 2.31. The van der Waals surface area contributed by atoms with Crippen LogP contribution in [0.2, 0.25) is 10.0 Å². The van der Waals surface area contributed by atoms with E-state index in [0.29, 0.717) is 23.6 Å². The van der Waals surface area contributed by atoms with Crippen molar-refractivity contribution in [1.82, 2.24) is 5.32 Å². The van der Waals surface area contributed by atoms with E-state index in [4.69, 9.17) is 28.3 Å². The zero-order valence-electron chi connectivity index (χ0n) is 9.00. The molecular weight excluding hydrogens is 249 g/mol. The summed E-state index contributed by atoms with van der Waals surface area (Å²) in [7, 11) is 0. The topological polar surface area (TPSA) is 52.5 Å². The van der Waals surface area contributed by atoms with E-state index in [-0.39, 0.29) is 23.4 Å². The first-order chi connectivity index (χ1) is 7.54. The van der Waals surface area contributed by atoms with Crippen molar-refractivity contribution in [3.05, 3.63) is 27.7 Å². The van der Waals surface area contributed by atoms with Crippen molar-refractivity contribution in [3.8, 4) is 5.75 Å². The maximum absolute atomic E-state index is 9.68. The van der Waals surface area contributed by atoms with Crippen LogP contribution in [0.5, 0.6) is 5.75 Å². The number of aliphatic hydroxyl groups is 1. The summed E-state index contributed by atoms with van der Waals surface area (Å²) in [5.41, 5.74) is 0.655. The summed E-state index contributed by atoms with van der Waals surface area (Å²) in [6.45, 7) is 2.56. The summed E-state index contributed by atoms with van der Waals surface area (Å²) >= 11 is 11.6.